The third-order valence-corrected chi connectivity index (χ3v) is 3.55. The van der Waals surface area contributed by atoms with Gasteiger partial charge < -0.3 is 35.1 Å². The Labute approximate surface area is 188 Å². The summed E-state index contributed by atoms with van der Waals surface area (Å²) in [6.45, 7) is 2.96. The molecule has 3 rings (SSSR count). The molecule has 0 N–H and O–H groups in total. The average molecular weight is 382 g/mol. The quantitative estimate of drug-likeness (QED) is 0.451. The molecule has 6 heteroatoms. The summed E-state index contributed by atoms with van der Waals surface area (Å²) in [6.07, 6.45) is 2.94. The van der Waals surface area contributed by atoms with E-state index in [4.69, 9.17) is 5.32 Å². The van der Waals surface area contributed by atoms with Crippen LogP contribution in [0.4, 0.5) is 0 Å². The molecule has 0 fully saturated rings. The van der Waals surface area contributed by atoms with Crippen molar-refractivity contribution in [1.82, 2.24) is 4.98 Å². The second-order valence-electron chi connectivity index (χ2n) is 5.18. The first kappa shape index (κ1) is 26.3. The number of rotatable bonds is 5. The Kier molecular flexibility index (Phi) is 14.5. The van der Waals surface area contributed by atoms with Gasteiger partial charge in [0, 0.05) is 0 Å². The van der Waals surface area contributed by atoms with Gasteiger partial charge in [0.1, 0.15) is 0 Å². The normalized spacial score (nSPS) is 10.5. The fourth-order valence-corrected chi connectivity index (χ4v) is 2.46. The van der Waals surface area contributed by atoms with Crippen molar-refractivity contribution in [1.29, 1.82) is 0 Å². The topological polar surface area (TPSA) is 28.2 Å². The van der Waals surface area contributed by atoms with Gasteiger partial charge in [-0.15, -0.1) is 18.1 Å². The van der Waals surface area contributed by atoms with E-state index in [2.05, 4.69) is 54.4 Å². The Hall–Kier alpha value is 0.0525. The van der Waals surface area contributed by atoms with Crippen LogP contribution in [0, 0.1) is 0 Å². The predicted molar refractivity (Wildman–Crippen MR) is 95.4 cm³/mol. The van der Waals surface area contributed by atoms with Gasteiger partial charge in [0.05, 0.1) is 0 Å². The average Bonchev–Trinajstić information content (AvgIpc) is 2.90. The molecule has 0 saturated heterocycles. The van der Waals surface area contributed by atoms with E-state index in [1.165, 1.54) is 16.5 Å². The largest absolute Gasteiger partial charge is 2.00 e. The smallest absolute Gasteiger partial charge is 1.00 e. The van der Waals surface area contributed by atoms with E-state index in [0.717, 1.165) is 18.5 Å². The Morgan fingerprint density at radius 2 is 1.54 bits per heavy atom. The molecule has 2 nitrogen and oxygen atoms in total. The van der Waals surface area contributed by atoms with Crippen molar-refractivity contribution < 1.29 is 24.8 Å². The second-order valence-corrected chi connectivity index (χ2v) is 5.18. The molecule has 0 radical (unpaired) electrons. The zero-order valence-corrected chi connectivity index (χ0v) is 18.2. The van der Waals surface area contributed by atoms with Crippen molar-refractivity contribution in [3.05, 3.63) is 77.2 Å². The van der Waals surface area contributed by atoms with Gasteiger partial charge in [-0.25, -0.2) is 0 Å². The number of hydrogen-bond donors (Lipinski definition) is 0. The Bertz CT molecular complexity index is 690. The van der Waals surface area contributed by atoms with Crippen molar-refractivity contribution >= 4 is 57.0 Å². The van der Waals surface area contributed by atoms with Gasteiger partial charge in [0.25, 0.3) is 0 Å². The standard InChI is InChI=1S/C18H18N2.2ClH.2Mg/c1-14(19-12-15-7-3-2-4-8-15)11-16-13-20-18-10-6-5-9-17(16)18;;;;/h2-10,13-14H,11-12H2,1H3;2*1H;;/q-2;;;2*+2/p-2/t14-;;;;/m1..../s1. The molecular weight excluding hydrogens is 364 g/mol. The maximum Gasteiger partial charge on any atom is 2.00 e. The summed E-state index contributed by atoms with van der Waals surface area (Å²) in [6, 6.07) is 19.0. The van der Waals surface area contributed by atoms with E-state index in [0.29, 0.717) is 6.04 Å². The van der Waals surface area contributed by atoms with Crippen molar-refractivity contribution in [3.63, 3.8) is 0 Å². The van der Waals surface area contributed by atoms with Crippen LogP contribution in [0.25, 0.3) is 16.2 Å². The molecule has 0 aliphatic carbocycles. The van der Waals surface area contributed by atoms with E-state index >= 15 is 0 Å². The number of fused-ring (bicyclic) bond motifs is 1. The summed E-state index contributed by atoms with van der Waals surface area (Å²) in [5, 5.41) is 6.01. The minimum absolute atomic E-state index is 0. The number of para-hydroxylation sites is 1. The zero-order valence-electron chi connectivity index (χ0n) is 13.8. The number of aromatic nitrogens is 1. The van der Waals surface area contributed by atoms with E-state index in [1.807, 2.05) is 18.3 Å². The second kappa shape index (κ2) is 13.3. The van der Waals surface area contributed by atoms with Crippen molar-refractivity contribution in [2.75, 3.05) is 0 Å². The molecule has 0 aliphatic heterocycles. The Morgan fingerprint density at radius 3 is 2.25 bits per heavy atom. The van der Waals surface area contributed by atoms with Gasteiger partial charge in [-0.05, 0) is 11.8 Å². The minimum Gasteiger partial charge on any atom is -1.00 e. The third-order valence-electron chi connectivity index (χ3n) is 3.55. The van der Waals surface area contributed by atoms with Gasteiger partial charge in [-0.2, -0.15) is 6.20 Å². The summed E-state index contributed by atoms with van der Waals surface area (Å²) in [5.74, 6) is 0. The maximum absolute atomic E-state index is 4.75. The summed E-state index contributed by atoms with van der Waals surface area (Å²) in [4.78, 5) is 4.45. The molecule has 0 bridgehead atoms. The van der Waals surface area contributed by atoms with Gasteiger partial charge in [0.15, 0.2) is 0 Å². The fraction of sp³-hybridized carbons (Fsp3) is 0.222. The summed E-state index contributed by atoms with van der Waals surface area (Å²) in [5.41, 5.74) is 3.65. The minimum atomic E-state index is 0. The van der Waals surface area contributed by atoms with E-state index in [9.17, 15) is 0 Å². The van der Waals surface area contributed by atoms with Gasteiger partial charge >= 0.3 is 46.1 Å². The molecule has 3 aromatic rings. The van der Waals surface area contributed by atoms with Gasteiger partial charge in [-0.3, -0.25) is 0 Å². The van der Waals surface area contributed by atoms with Crippen LogP contribution in [-0.4, -0.2) is 52.1 Å². The van der Waals surface area contributed by atoms with Crippen LogP contribution in [-0.2, 0) is 13.0 Å². The summed E-state index contributed by atoms with van der Waals surface area (Å²) in [7, 11) is 0. The van der Waals surface area contributed by atoms with Crippen LogP contribution in [0.1, 0.15) is 18.1 Å². The maximum atomic E-state index is 4.75. The summed E-state index contributed by atoms with van der Waals surface area (Å²) < 4.78 is 0. The molecule has 0 saturated carbocycles. The molecule has 118 valence electrons. The van der Waals surface area contributed by atoms with Gasteiger partial charge in [0.2, 0.25) is 0 Å². The molecule has 1 heterocycles. The fourth-order valence-electron chi connectivity index (χ4n) is 2.46. The van der Waals surface area contributed by atoms with Crippen LogP contribution in [0.15, 0.2) is 60.8 Å². The number of benzene rings is 2. The molecule has 0 amide bonds. The SMILES string of the molecule is C[C@H](Cc1c[n-]c2ccccc12)[N-]Cc1ccccc1.[Cl-].[Cl-].[Mg+2].[Mg+2]. The van der Waals surface area contributed by atoms with E-state index < -0.39 is 0 Å². The van der Waals surface area contributed by atoms with Crippen molar-refractivity contribution in [2.24, 2.45) is 0 Å². The Balaban J connectivity index is 0. The molecule has 0 unspecified atom stereocenters. The zero-order chi connectivity index (χ0) is 13.8. The van der Waals surface area contributed by atoms with Crippen LogP contribution in [0.3, 0.4) is 0 Å². The first-order chi connectivity index (χ1) is 9.83. The molecule has 0 aliphatic rings. The monoisotopic (exact) mass is 380 g/mol. The van der Waals surface area contributed by atoms with Crippen LogP contribution >= 0.6 is 0 Å². The first-order valence-electron chi connectivity index (χ1n) is 7.03. The summed E-state index contributed by atoms with van der Waals surface area (Å²) >= 11 is 0. The van der Waals surface area contributed by atoms with E-state index in [-0.39, 0.29) is 70.9 Å². The molecular formula is C18H18Cl2Mg2N2. The molecule has 2 aromatic carbocycles. The number of halogens is 2. The van der Waals surface area contributed by atoms with Gasteiger partial charge in [-0.1, -0.05) is 72.6 Å². The molecule has 1 aromatic heterocycles. The Morgan fingerprint density at radius 1 is 0.917 bits per heavy atom. The number of nitrogens with zero attached hydrogens (tertiary/aromatic N) is 2. The van der Waals surface area contributed by atoms with Crippen LogP contribution < -0.4 is 29.8 Å². The van der Waals surface area contributed by atoms with E-state index in [1.54, 1.807) is 0 Å². The predicted octanol–water partition coefficient (Wildman–Crippen LogP) is -2.45. The van der Waals surface area contributed by atoms with Crippen molar-refractivity contribution in [2.45, 2.75) is 25.9 Å². The van der Waals surface area contributed by atoms with Crippen molar-refractivity contribution in [3.8, 4) is 0 Å². The number of hydrogen-bond acceptors (Lipinski definition) is 0. The molecule has 1 atom stereocenters. The third kappa shape index (κ3) is 7.12. The molecule has 24 heavy (non-hydrogen) atoms. The molecule has 0 spiro atoms. The first-order valence-corrected chi connectivity index (χ1v) is 7.03. The van der Waals surface area contributed by atoms with Crippen LogP contribution in [0.2, 0.25) is 0 Å². The van der Waals surface area contributed by atoms with Crippen LogP contribution in [0.5, 0.6) is 0 Å².